The number of hydrogen-bond donors (Lipinski definition) is 1. The third-order valence-corrected chi connectivity index (χ3v) is 3.45. The van der Waals surface area contributed by atoms with Crippen molar-refractivity contribution in [1.82, 2.24) is 4.90 Å². The second kappa shape index (κ2) is 8.53. The summed E-state index contributed by atoms with van der Waals surface area (Å²) in [4.78, 5) is 13.1. The first-order valence-electron chi connectivity index (χ1n) is 7.60. The van der Waals surface area contributed by atoms with E-state index in [1.165, 1.54) is 0 Å². The molecule has 0 saturated heterocycles. The van der Waals surface area contributed by atoms with Crippen molar-refractivity contribution in [2.45, 2.75) is 25.4 Å². The molecule has 0 bridgehead atoms. The van der Waals surface area contributed by atoms with Gasteiger partial charge in [-0.1, -0.05) is 60.7 Å². The van der Waals surface area contributed by atoms with Crippen LogP contribution in [0.15, 0.2) is 60.7 Å². The number of hydrogen-bond acceptors (Lipinski definition) is 3. The molecule has 7 heteroatoms. The van der Waals surface area contributed by atoms with E-state index in [9.17, 15) is 23.1 Å². The molecule has 1 N–H and O–H groups in total. The van der Waals surface area contributed by atoms with Crippen molar-refractivity contribution in [3.8, 4) is 0 Å². The van der Waals surface area contributed by atoms with Crippen LogP contribution in [-0.2, 0) is 17.9 Å². The van der Waals surface area contributed by atoms with E-state index < -0.39 is 24.9 Å². The van der Waals surface area contributed by atoms with E-state index in [4.69, 9.17) is 4.74 Å². The van der Waals surface area contributed by atoms with Gasteiger partial charge in [0.05, 0.1) is 6.54 Å². The zero-order valence-electron chi connectivity index (χ0n) is 13.3. The molecule has 0 saturated carbocycles. The molecule has 25 heavy (non-hydrogen) atoms. The van der Waals surface area contributed by atoms with Crippen molar-refractivity contribution in [2.24, 2.45) is 0 Å². The van der Waals surface area contributed by atoms with Crippen LogP contribution >= 0.6 is 0 Å². The summed E-state index contributed by atoms with van der Waals surface area (Å²) in [6, 6.07) is 17.3. The Kier molecular flexibility index (Phi) is 6.41. The molecule has 0 fully saturated rings. The summed E-state index contributed by atoms with van der Waals surface area (Å²) in [6.45, 7) is -1.05. The molecule has 1 unspecified atom stereocenters. The fourth-order valence-corrected chi connectivity index (χ4v) is 2.13. The molecular formula is C18H18F3NO3. The highest BCUT2D eigenvalue weighted by Gasteiger charge is 2.40. The van der Waals surface area contributed by atoms with Crippen LogP contribution in [0.1, 0.15) is 11.1 Å². The second-order valence-corrected chi connectivity index (χ2v) is 5.46. The highest BCUT2D eigenvalue weighted by atomic mass is 19.4. The van der Waals surface area contributed by atoms with Crippen LogP contribution in [0.3, 0.4) is 0 Å². The SMILES string of the molecule is O=C(OCc1ccccc1)N(Cc1ccccc1)CC(O)C(F)(F)F. The van der Waals surface area contributed by atoms with E-state index in [0.29, 0.717) is 11.1 Å². The third-order valence-electron chi connectivity index (χ3n) is 3.45. The zero-order valence-corrected chi connectivity index (χ0v) is 13.3. The van der Waals surface area contributed by atoms with E-state index in [-0.39, 0.29) is 13.2 Å². The molecule has 1 amide bonds. The third kappa shape index (κ3) is 6.11. The maximum Gasteiger partial charge on any atom is 0.416 e. The maximum atomic E-state index is 12.6. The highest BCUT2D eigenvalue weighted by Crippen LogP contribution is 2.22. The van der Waals surface area contributed by atoms with Crippen LogP contribution < -0.4 is 0 Å². The number of alkyl halides is 3. The molecule has 4 nitrogen and oxygen atoms in total. The number of carbonyl (C=O) groups excluding carboxylic acids is 1. The van der Waals surface area contributed by atoms with Gasteiger partial charge in [-0.25, -0.2) is 4.79 Å². The minimum atomic E-state index is -4.81. The fourth-order valence-electron chi connectivity index (χ4n) is 2.13. The summed E-state index contributed by atoms with van der Waals surface area (Å²) < 4.78 is 43.0. The predicted molar refractivity (Wildman–Crippen MR) is 85.5 cm³/mol. The van der Waals surface area contributed by atoms with Gasteiger partial charge >= 0.3 is 12.3 Å². The van der Waals surface area contributed by atoms with E-state index in [2.05, 4.69) is 0 Å². The first kappa shape index (κ1) is 18.8. The Morgan fingerprint density at radius 1 is 1.00 bits per heavy atom. The Morgan fingerprint density at radius 3 is 2.04 bits per heavy atom. The fraction of sp³-hybridized carbons (Fsp3) is 0.278. The average Bonchev–Trinajstić information content (AvgIpc) is 2.60. The molecule has 0 radical (unpaired) electrons. The van der Waals surface area contributed by atoms with Gasteiger partial charge in [-0.15, -0.1) is 0 Å². The van der Waals surface area contributed by atoms with Crippen LogP contribution in [0.4, 0.5) is 18.0 Å². The van der Waals surface area contributed by atoms with Crippen molar-refractivity contribution < 1.29 is 27.8 Å². The summed E-state index contributed by atoms with van der Waals surface area (Å²) in [5, 5.41) is 9.29. The first-order valence-corrected chi connectivity index (χ1v) is 7.60. The van der Waals surface area contributed by atoms with Crippen LogP contribution in [0.5, 0.6) is 0 Å². The van der Waals surface area contributed by atoms with Crippen LogP contribution in [0.25, 0.3) is 0 Å². The summed E-state index contributed by atoms with van der Waals surface area (Å²) >= 11 is 0. The number of halogens is 3. The maximum absolute atomic E-state index is 12.6. The molecule has 0 spiro atoms. The van der Waals surface area contributed by atoms with Gasteiger partial charge in [-0.3, -0.25) is 0 Å². The van der Waals surface area contributed by atoms with E-state index in [0.717, 1.165) is 4.90 Å². The normalized spacial score (nSPS) is 12.5. The number of nitrogens with zero attached hydrogens (tertiary/aromatic N) is 1. The summed E-state index contributed by atoms with van der Waals surface area (Å²) in [6.07, 6.45) is -8.37. The van der Waals surface area contributed by atoms with Gasteiger partial charge in [0.15, 0.2) is 6.10 Å². The van der Waals surface area contributed by atoms with Crippen LogP contribution in [-0.4, -0.2) is 34.9 Å². The largest absolute Gasteiger partial charge is 0.445 e. The molecular weight excluding hydrogens is 335 g/mol. The number of amides is 1. The van der Waals surface area contributed by atoms with Crippen molar-refractivity contribution in [3.63, 3.8) is 0 Å². The van der Waals surface area contributed by atoms with Gasteiger partial charge < -0.3 is 14.7 Å². The summed E-state index contributed by atoms with van der Waals surface area (Å²) in [5.74, 6) is 0. The highest BCUT2D eigenvalue weighted by molar-refractivity contribution is 5.67. The van der Waals surface area contributed by atoms with Gasteiger partial charge in [0.1, 0.15) is 6.61 Å². The lowest BCUT2D eigenvalue weighted by molar-refractivity contribution is -0.207. The topological polar surface area (TPSA) is 49.8 Å². The lowest BCUT2D eigenvalue weighted by Gasteiger charge is -2.26. The molecule has 2 rings (SSSR count). The Labute approximate surface area is 143 Å². The Morgan fingerprint density at radius 2 is 1.52 bits per heavy atom. The summed E-state index contributed by atoms with van der Waals surface area (Å²) in [5.41, 5.74) is 1.35. The van der Waals surface area contributed by atoms with Crippen molar-refractivity contribution >= 4 is 6.09 Å². The van der Waals surface area contributed by atoms with Crippen LogP contribution in [0, 0.1) is 0 Å². The molecule has 2 aromatic rings. The minimum absolute atomic E-state index is 0.0624. The first-order chi connectivity index (χ1) is 11.9. The summed E-state index contributed by atoms with van der Waals surface area (Å²) in [7, 11) is 0. The Balaban J connectivity index is 2.05. The number of benzene rings is 2. The molecule has 0 aromatic heterocycles. The molecule has 1 atom stereocenters. The van der Waals surface area contributed by atoms with Crippen molar-refractivity contribution in [1.29, 1.82) is 0 Å². The second-order valence-electron chi connectivity index (χ2n) is 5.46. The van der Waals surface area contributed by atoms with Gasteiger partial charge in [-0.2, -0.15) is 13.2 Å². The van der Waals surface area contributed by atoms with E-state index in [1.807, 2.05) is 0 Å². The molecule has 2 aromatic carbocycles. The number of aliphatic hydroxyl groups is 1. The molecule has 0 aliphatic rings. The number of carbonyl (C=O) groups is 1. The smallest absolute Gasteiger partial charge is 0.416 e. The van der Waals surface area contributed by atoms with E-state index >= 15 is 0 Å². The monoisotopic (exact) mass is 353 g/mol. The number of aliphatic hydroxyl groups excluding tert-OH is 1. The van der Waals surface area contributed by atoms with Crippen molar-refractivity contribution in [2.75, 3.05) is 6.54 Å². The lowest BCUT2D eigenvalue weighted by Crippen LogP contribution is -2.43. The zero-order chi connectivity index (χ0) is 18.3. The Hall–Kier alpha value is -2.54. The van der Waals surface area contributed by atoms with E-state index in [1.54, 1.807) is 60.7 Å². The van der Waals surface area contributed by atoms with Gasteiger partial charge in [0.25, 0.3) is 0 Å². The number of ether oxygens (including phenoxy) is 1. The van der Waals surface area contributed by atoms with Gasteiger partial charge in [0.2, 0.25) is 0 Å². The van der Waals surface area contributed by atoms with Gasteiger partial charge in [-0.05, 0) is 11.1 Å². The van der Waals surface area contributed by atoms with Crippen molar-refractivity contribution in [3.05, 3.63) is 71.8 Å². The average molecular weight is 353 g/mol. The van der Waals surface area contributed by atoms with Crippen LogP contribution in [0.2, 0.25) is 0 Å². The molecule has 0 heterocycles. The number of rotatable bonds is 6. The molecule has 0 aliphatic heterocycles. The molecule has 0 aliphatic carbocycles. The standard InChI is InChI=1S/C18H18F3NO3/c19-18(20,21)16(23)12-22(11-14-7-3-1-4-8-14)17(24)25-13-15-9-5-2-6-10-15/h1-10,16,23H,11-13H2. The van der Waals surface area contributed by atoms with Gasteiger partial charge in [0, 0.05) is 6.54 Å². The minimum Gasteiger partial charge on any atom is -0.445 e. The Bertz CT molecular complexity index is 662. The lowest BCUT2D eigenvalue weighted by atomic mass is 10.2. The quantitative estimate of drug-likeness (QED) is 0.861. The predicted octanol–water partition coefficient (Wildman–Crippen LogP) is 3.75. The molecule has 134 valence electrons.